The summed E-state index contributed by atoms with van der Waals surface area (Å²) in [6.45, 7) is 12.0. The predicted molar refractivity (Wildman–Crippen MR) is 140 cm³/mol. The van der Waals surface area contributed by atoms with Crippen LogP contribution in [0.15, 0.2) is 29.0 Å². The second-order valence-corrected chi connectivity index (χ2v) is 10.1. The van der Waals surface area contributed by atoms with Gasteiger partial charge >= 0.3 is 5.97 Å². The number of halogens is 2. The van der Waals surface area contributed by atoms with E-state index in [1.54, 1.807) is 17.4 Å². The molecule has 35 heavy (non-hydrogen) atoms. The van der Waals surface area contributed by atoms with Crippen LogP contribution >= 0.6 is 24.8 Å². The van der Waals surface area contributed by atoms with Crippen LogP contribution in [0.4, 0.5) is 5.82 Å². The first-order valence-corrected chi connectivity index (χ1v) is 11.4. The van der Waals surface area contributed by atoms with Gasteiger partial charge in [-0.3, -0.25) is 9.59 Å². The first kappa shape index (κ1) is 30.7. The highest BCUT2D eigenvalue weighted by molar-refractivity contribution is 5.98. The van der Waals surface area contributed by atoms with E-state index < -0.39 is 11.9 Å². The quantitative estimate of drug-likeness (QED) is 0.469. The molecule has 2 atom stereocenters. The van der Waals surface area contributed by atoms with E-state index in [9.17, 15) is 14.7 Å². The Labute approximate surface area is 219 Å². The van der Waals surface area contributed by atoms with E-state index in [1.807, 2.05) is 46.8 Å². The van der Waals surface area contributed by atoms with Crippen molar-refractivity contribution in [3.63, 3.8) is 0 Å². The maximum atomic E-state index is 13.8. The molecule has 3 N–H and O–H groups in total. The topological polar surface area (TPSA) is 121 Å². The molecule has 196 valence electrons. The van der Waals surface area contributed by atoms with Gasteiger partial charge in [-0.25, -0.2) is 9.97 Å². The molecule has 0 unspecified atom stereocenters. The Morgan fingerprint density at radius 1 is 1.29 bits per heavy atom. The average molecular weight is 530 g/mol. The standard InChI is InChI=1S/C24H35N5O4.2ClH/c1-15(2)14-29(17-9-16(22(31)32)10-25-11-17)21(30)19-13-27-23(24(3,4)5)28-20(19)26-12-18-7-6-8-33-18;;/h6-8,13,15-17,25H,9-12,14H2,1-5H3,(H,31,32)(H,26,27,28);2*1H/t16-,17+;;/m1../s1. The fraction of sp³-hybridized carbons (Fsp3) is 0.583. The van der Waals surface area contributed by atoms with Gasteiger partial charge in [0.25, 0.3) is 5.91 Å². The van der Waals surface area contributed by atoms with Gasteiger partial charge in [0.15, 0.2) is 0 Å². The second kappa shape index (κ2) is 13.1. The van der Waals surface area contributed by atoms with Crippen LogP contribution in [0, 0.1) is 11.8 Å². The van der Waals surface area contributed by atoms with Crippen LogP contribution in [-0.4, -0.2) is 57.5 Å². The number of aromatic nitrogens is 2. The maximum Gasteiger partial charge on any atom is 0.307 e. The Kier molecular flexibility index (Phi) is 11.5. The summed E-state index contributed by atoms with van der Waals surface area (Å²) in [6, 6.07) is 3.43. The summed E-state index contributed by atoms with van der Waals surface area (Å²) in [5.41, 5.74) is 0.0788. The molecule has 1 aliphatic rings. The fourth-order valence-electron chi connectivity index (χ4n) is 3.91. The summed E-state index contributed by atoms with van der Waals surface area (Å²) in [6.07, 6.45) is 3.60. The molecule has 0 spiro atoms. The Morgan fingerprint density at radius 3 is 2.57 bits per heavy atom. The third-order valence-corrected chi connectivity index (χ3v) is 5.64. The van der Waals surface area contributed by atoms with Crippen LogP contribution in [0.3, 0.4) is 0 Å². The van der Waals surface area contributed by atoms with E-state index in [0.717, 1.165) is 5.76 Å². The Balaban J connectivity index is 0.00000306. The van der Waals surface area contributed by atoms with Gasteiger partial charge in [-0.2, -0.15) is 0 Å². The molecule has 0 radical (unpaired) electrons. The normalized spacial score (nSPS) is 17.8. The molecular formula is C24H37Cl2N5O4. The number of anilines is 1. The van der Waals surface area contributed by atoms with Crippen LogP contribution in [0.2, 0.25) is 0 Å². The lowest BCUT2D eigenvalue weighted by Crippen LogP contribution is -2.53. The molecule has 0 bridgehead atoms. The first-order valence-electron chi connectivity index (χ1n) is 11.4. The fourth-order valence-corrected chi connectivity index (χ4v) is 3.91. The van der Waals surface area contributed by atoms with E-state index in [-0.39, 0.29) is 48.1 Å². The number of rotatable bonds is 8. The predicted octanol–water partition coefficient (Wildman–Crippen LogP) is 3.98. The number of carboxylic acids is 1. The first-order chi connectivity index (χ1) is 15.6. The summed E-state index contributed by atoms with van der Waals surface area (Å²) < 4.78 is 5.42. The van der Waals surface area contributed by atoms with Gasteiger partial charge in [0.2, 0.25) is 0 Å². The minimum absolute atomic E-state index is 0. The minimum Gasteiger partial charge on any atom is -0.481 e. The zero-order valence-corrected chi connectivity index (χ0v) is 22.5. The van der Waals surface area contributed by atoms with Gasteiger partial charge in [0.1, 0.15) is 23.0 Å². The molecule has 0 aliphatic carbocycles. The molecule has 11 heteroatoms. The number of furan rings is 1. The van der Waals surface area contributed by atoms with Crippen molar-refractivity contribution in [1.29, 1.82) is 0 Å². The molecule has 0 aromatic carbocycles. The summed E-state index contributed by atoms with van der Waals surface area (Å²) in [5.74, 6) is 0.442. The van der Waals surface area contributed by atoms with E-state index in [1.165, 1.54) is 0 Å². The SMILES string of the molecule is CC(C)CN(C(=O)c1cnc(C(C)(C)C)nc1NCc1ccco1)[C@@H]1CNC[C@H](C(=O)O)C1.Cl.Cl. The smallest absolute Gasteiger partial charge is 0.307 e. The van der Waals surface area contributed by atoms with Crippen molar-refractivity contribution in [3.8, 4) is 0 Å². The van der Waals surface area contributed by atoms with Gasteiger partial charge in [-0.05, 0) is 24.5 Å². The molecular weight excluding hydrogens is 493 g/mol. The lowest BCUT2D eigenvalue weighted by molar-refractivity contribution is -0.142. The van der Waals surface area contributed by atoms with Crippen molar-refractivity contribution in [2.75, 3.05) is 25.0 Å². The van der Waals surface area contributed by atoms with Crippen LogP contribution in [0.5, 0.6) is 0 Å². The number of carboxylic acid groups (broad SMARTS) is 1. The van der Waals surface area contributed by atoms with Gasteiger partial charge in [0, 0.05) is 37.3 Å². The number of hydrogen-bond acceptors (Lipinski definition) is 7. The van der Waals surface area contributed by atoms with Crippen LogP contribution in [-0.2, 0) is 16.8 Å². The van der Waals surface area contributed by atoms with Crippen molar-refractivity contribution >= 4 is 42.5 Å². The molecule has 3 heterocycles. The minimum atomic E-state index is -0.845. The molecule has 3 rings (SSSR count). The maximum absolute atomic E-state index is 13.8. The third kappa shape index (κ3) is 8.08. The summed E-state index contributed by atoms with van der Waals surface area (Å²) in [5, 5.41) is 15.9. The van der Waals surface area contributed by atoms with E-state index >= 15 is 0 Å². The number of hydrogen-bond donors (Lipinski definition) is 3. The Hall–Kier alpha value is -2.36. The molecule has 1 amide bonds. The number of piperidine rings is 1. The van der Waals surface area contributed by atoms with Gasteiger partial charge in [-0.1, -0.05) is 34.6 Å². The molecule has 2 aromatic rings. The van der Waals surface area contributed by atoms with Gasteiger partial charge in [0.05, 0.1) is 18.7 Å². The largest absolute Gasteiger partial charge is 0.481 e. The molecule has 1 saturated heterocycles. The van der Waals surface area contributed by atoms with E-state index in [4.69, 9.17) is 9.40 Å². The van der Waals surface area contributed by atoms with Crippen LogP contribution in [0.25, 0.3) is 0 Å². The lowest BCUT2D eigenvalue weighted by Gasteiger charge is -2.38. The third-order valence-electron chi connectivity index (χ3n) is 5.64. The number of nitrogens with zero attached hydrogens (tertiary/aromatic N) is 3. The molecule has 1 aliphatic heterocycles. The van der Waals surface area contributed by atoms with Gasteiger partial charge < -0.3 is 25.1 Å². The lowest BCUT2D eigenvalue weighted by atomic mass is 9.93. The number of carbonyl (C=O) groups excluding carboxylic acids is 1. The van der Waals surface area contributed by atoms with Crippen molar-refractivity contribution in [2.24, 2.45) is 11.8 Å². The van der Waals surface area contributed by atoms with E-state index in [2.05, 4.69) is 15.6 Å². The zero-order valence-electron chi connectivity index (χ0n) is 20.9. The van der Waals surface area contributed by atoms with Crippen molar-refractivity contribution < 1.29 is 19.1 Å². The highest BCUT2D eigenvalue weighted by atomic mass is 35.5. The van der Waals surface area contributed by atoms with Gasteiger partial charge in [-0.15, -0.1) is 24.8 Å². The highest BCUT2D eigenvalue weighted by Crippen LogP contribution is 2.25. The Bertz CT molecular complexity index is 963. The number of aliphatic carboxylic acids is 1. The number of amides is 1. The summed E-state index contributed by atoms with van der Waals surface area (Å²) in [7, 11) is 0. The average Bonchev–Trinajstić information content (AvgIpc) is 3.28. The zero-order chi connectivity index (χ0) is 24.2. The number of carbonyl (C=O) groups is 2. The van der Waals surface area contributed by atoms with E-state index in [0.29, 0.717) is 49.8 Å². The van der Waals surface area contributed by atoms with Crippen molar-refractivity contribution in [2.45, 2.75) is 59.0 Å². The van der Waals surface area contributed by atoms with Crippen molar-refractivity contribution in [3.05, 3.63) is 41.7 Å². The van der Waals surface area contributed by atoms with Crippen molar-refractivity contribution in [1.82, 2.24) is 20.2 Å². The molecule has 2 aromatic heterocycles. The second-order valence-electron chi connectivity index (χ2n) is 10.1. The number of nitrogens with one attached hydrogen (secondary N) is 2. The Morgan fingerprint density at radius 2 is 2.00 bits per heavy atom. The molecule has 9 nitrogen and oxygen atoms in total. The molecule has 0 saturated carbocycles. The van der Waals surface area contributed by atoms with Crippen LogP contribution < -0.4 is 10.6 Å². The summed E-state index contributed by atoms with van der Waals surface area (Å²) in [4.78, 5) is 36.4. The monoisotopic (exact) mass is 529 g/mol. The molecule has 1 fully saturated rings. The highest BCUT2D eigenvalue weighted by Gasteiger charge is 2.34. The summed E-state index contributed by atoms with van der Waals surface area (Å²) >= 11 is 0. The van der Waals surface area contributed by atoms with Crippen LogP contribution in [0.1, 0.15) is 63.0 Å².